The molecule has 0 spiro atoms. The lowest BCUT2D eigenvalue weighted by Gasteiger charge is -2.27. The molecule has 2 heterocycles. The van der Waals surface area contributed by atoms with Crippen LogP contribution in [0.3, 0.4) is 0 Å². The van der Waals surface area contributed by atoms with Crippen molar-refractivity contribution in [1.29, 1.82) is 0 Å². The number of hydrogen-bond acceptors (Lipinski definition) is 5. The highest BCUT2D eigenvalue weighted by atomic mass is 16.4. The van der Waals surface area contributed by atoms with Crippen molar-refractivity contribution in [3.05, 3.63) is 59.7 Å². The van der Waals surface area contributed by atoms with E-state index >= 15 is 0 Å². The van der Waals surface area contributed by atoms with Gasteiger partial charge in [-0.25, -0.2) is 4.90 Å². The molecular formula is C24H27N3O4. The number of carbonyl (C=O) groups is 3. The van der Waals surface area contributed by atoms with Crippen LogP contribution in [-0.2, 0) is 20.8 Å². The number of aryl methyl sites for hydroxylation is 1. The third-order valence-electron chi connectivity index (χ3n) is 6.60. The van der Waals surface area contributed by atoms with Crippen molar-refractivity contribution in [3.63, 3.8) is 0 Å². The van der Waals surface area contributed by atoms with Crippen molar-refractivity contribution in [1.82, 2.24) is 5.32 Å². The van der Waals surface area contributed by atoms with Crippen molar-refractivity contribution in [3.8, 4) is 0 Å². The molecule has 0 saturated carbocycles. The number of carboxylic acids is 1. The molecule has 2 aromatic rings. The molecule has 2 aromatic carbocycles. The van der Waals surface area contributed by atoms with E-state index in [4.69, 9.17) is 0 Å². The Morgan fingerprint density at radius 2 is 1.68 bits per heavy atom. The molecule has 7 nitrogen and oxygen atoms in total. The summed E-state index contributed by atoms with van der Waals surface area (Å²) in [7, 11) is 3.86. The zero-order chi connectivity index (χ0) is 22.5. The molecular weight excluding hydrogens is 394 g/mol. The third-order valence-corrected chi connectivity index (χ3v) is 6.60. The van der Waals surface area contributed by atoms with Crippen molar-refractivity contribution in [2.45, 2.75) is 31.8 Å². The molecule has 31 heavy (non-hydrogen) atoms. The first-order valence-electron chi connectivity index (χ1n) is 10.4. The molecule has 4 unspecified atom stereocenters. The molecule has 0 aromatic heterocycles. The van der Waals surface area contributed by atoms with Gasteiger partial charge in [0.1, 0.15) is 5.54 Å². The summed E-state index contributed by atoms with van der Waals surface area (Å²) >= 11 is 0. The second-order valence-corrected chi connectivity index (χ2v) is 8.65. The van der Waals surface area contributed by atoms with Gasteiger partial charge in [0.15, 0.2) is 0 Å². The summed E-state index contributed by atoms with van der Waals surface area (Å²) in [6.07, 6.45) is 0.847. The van der Waals surface area contributed by atoms with Crippen LogP contribution in [0.2, 0.25) is 0 Å². The lowest BCUT2D eigenvalue weighted by molar-refractivity contribution is -0.147. The molecule has 2 fully saturated rings. The standard InChI is InChI=1S/C24H27N3O4/c1-5-14-6-10-17(11-7-14)27-21(28)18-19(22(27)29)24(2,23(30)31)25-20(18)15-8-12-16(13-9-15)26(3)4/h6-13,18-20,25H,5H2,1-4H3,(H,30,31). The van der Waals surface area contributed by atoms with Gasteiger partial charge in [0.25, 0.3) is 0 Å². The number of nitrogens with one attached hydrogen (secondary N) is 1. The number of amides is 2. The quantitative estimate of drug-likeness (QED) is 0.722. The lowest BCUT2D eigenvalue weighted by Crippen LogP contribution is -2.53. The Hall–Kier alpha value is -3.19. The van der Waals surface area contributed by atoms with E-state index in [1.807, 2.05) is 62.3 Å². The fraction of sp³-hybridized carbons (Fsp3) is 0.375. The van der Waals surface area contributed by atoms with Crippen molar-refractivity contribution < 1.29 is 19.5 Å². The van der Waals surface area contributed by atoms with E-state index in [1.165, 1.54) is 6.92 Å². The van der Waals surface area contributed by atoms with E-state index in [0.29, 0.717) is 5.69 Å². The van der Waals surface area contributed by atoms with Gasteiger partial charge in [0.2, 0.25) is 11.8 Å². The summed E-state index contributed by atoms with van der Waals surface area (Å²) in [5, 5.41) is 13.1. The lowest BCUT2D eigenvalue weighted by atomic mass is 9.80. The van der Waals surface area contributed by atoms with E-state index in [9.17, 15) is 19.5 Å². The van der Waals surface area contributed by atoms with E-state index in [1.54, 1.807) is 12.1 Å². The van der Waals surface area contributed by atoms with Gasteiger partial charge in [-0.2, -0.15) is 0 Å². The summed E-state index contributed by atoms with van der Waals surface area (Å²) in [4.78, 5) is 42.2. The second kappa shape index (κ2) is 7.50. The smallest absolute Gasteiger partial charge is 0.324 e. The predicted molar refractivity (Wildman–Crippen MR) is 118 cm³/mol. The van der Waals surface area contributed by atoms with Gasteiger partial charge in [0.05, 0.1) is 17.5 Å². The highest BCUT2D eigenvalue weighted by Crippen LogP contribution is 2.49. The van der Waals surface area contributed by atoms with Crippen LogP contribution in [0.1, 0.15) is 31.0 Å². The molecule has 0 aliphatic carbocycles. The normalized spacial score (nSPS) is 27.5. The number of imide groups is 1. The first-order valence-corrected chi connectivity index (χ1v) is 10.4. The van der Waals surface area contributed by atoms with Crippen LogP contribution in [0.25, 0.3) is 0 Å². The minimum Gasteiger partial charge on any atom is -0.480 e. The van der Waals surface area contributed by atoms with Gasteiger partial charge >= 0.3 is 5.97 Å². The number of hydrogen-bond donors (Lipinski definition) is 2. The number of rotatable bonds is 5. The maximum absolute atomic E-state index is 13.5. The van der Waals surface area contributed by atoms with Crippen LogP contribution in [0.15, 0.2) is 48.5 Å². The largest absolute Gasteiger partial charge is 0.480 e. The Morgan fingerprint density at radius 1 is 1.06 bits per heavy atom. The minimum atomic E-state index is -1.54. The second-order valence-electron chi connectivity index (χ2n) is 8.65. The average Bonchev–Trinajstić information content (AvgIpc) is 3.22. The minimum absolute atomic E-state index is 0.363. The first kappa shape index (κ1) is 21.1. The summed E-state index contributed by atoms with van der Waals surface area (Å²) in [6, 6.07) is 14.3. The molecule has 2 N–H and O–H groups in total. The van der Waals surface area contributed by atoms with Crippen LogP contribution < -0.4 is 15.1 Å². The Balaban J connectivity index is 1.76. The van der Waals surface area contributed by atoms with Crippen molar-refractivity contribution >= 4 is 29.2 Å². The average molecular weight is 421 g/mol. The molecule has 2 aliphatic heterocycles. The number of carboxylic acid groups (broad SMARTS) is 1. The van der Waals surface area contributed by atoms with Gasteiger partial charge in [0, 0.05) is 25.8 Å². The maximum Gasteiger partial charge on any atom is 0.324 e. The van der Waals surface area contributed by atoms with Crippen molar-refractivity contribution in [2.24, 2.45) is 11.8 Å². The van der Waals surface area contributed by atoms with Crippen LogP contribution in [0.4, 0.5) is 11.4 Å². The Bertz CT molecular complexity index is 1030. The number of aliphatic carboxylic acids is 1. The first-order chi connectivity index (χ1) is 14.7. The van der Waals surface area contributed by atoms with Gasteiger partial charge in [-0.1, -0.05) is 31.2 Å². The molecule has 0 bridgehead atoms. The van der Waals surface area contributed by atoms with Gasteiger partial charge in [-0.15, -0.1) is 0 Å². The number of nitrogens with zero attached hydrogens (tertiary/aromatic N) is 2. The molecule has 2 aliphatic rings. The molecule has 0 radical (unpaired) electrons. The number of anilines is 2. The molecule has 2 saturated heterocycles. The Morgan fingerprint density at radius 3 is 2.19 bits per heavy atom. The third kappa shape index (κ3) is 3.20. The van der Waals surface area contributed by atoms with Crippen LogP contribution in [0, 0.1) is 11.8 Å². The molecule has 4 rings (SSSR count). The van der Waals surface area contributed by atoms with Gasteiger partial charge in [-0.3, -0.25) is 19.7 Å². The monoisotopic (exact) mass is 421 g/mol. The van der Waals surface area contributed by atoms with E-state index in [2.05, 4.69) is 5.32 Å². The SMILES string of the molecule is CCc1ccc(N2C(=O)C3C(c4ccc(N(C)C)cc4)NC(C)(C(=O)O)C3C2=O)cc1. The van der Waals surface area contributed by atoms with Crippen LogP contribution in [-0.4, -0.2) is 42.5 Å². The molecule has 4 atom stereocenters. The zero-order valence-corrected chi connectivity index (χ0v) is 18.1. The van der Waals surface area contributed by atoms with Crippen molar-refractivity contribution in [2.75, 3.05) is 23.9 Å². The summed E-state index contributed by atoms with van der Waals surface area (Å²) in [5.41, 5.74) is 1.82. The fourth-order valence-electron chi connectivity index (χ4n) is 4.74. The Labute approximate surface area is 181 Å². The highest BCUT2D eigenvalue weighted by Gasteiger charge is 2.66. The van der Waals surface area contributed by atoms with Gasteiger partial charge in [-0.05, 0) is 48.7 Å². The molecule has 2 amide bonds. The summed E-state index contributed by atoms with van der Waals surface area (Å²) < 4.78 is 0. The zero-order valence-electron chi connectivity index (χ0n) is 18.1. The Kier molecular flexibility index (Phi) is 5.09. The fourth-order valence-corrected chi connectivity index (χ4v) is 4.74. The highest BCUT2D eigenvalue weighted by molar-refractivity contribution is 6.24. The summed E-state index contributed by atoms with van der Waals surface area (Å²) in [6.45, 7) is 3.53. The van der Waals surface area contributed by atoms with E-state index in [0.717, 1.165) is 28.1 Å². The van der Waals surface area contributed by atoms with E-state index < -0.39 is 35.3 Å². The maximum atomic E-state index is 13.5. The number of fused-ring (bicyclic) bond motifs is 1. The van der Waals surface area contributed by atoms with Gasteiger partial charge < -0.3 is 10.0 Å². The molecule has 7 heteroatoms. The van der Waals surface area contributed by atoms with Crippen LogP contribution in [0.5, 0.6) is 0 Å². The molecule has 162 valence electrons. The van der Waals surface area contributed by atoms with E-state index in [-0.39, 0.29) is 5.91 Å². The van der Waals surface area contributed by atoms with Crippen LogP contribution >= 0.6 is 0 Å². The number of benzene rings is 2. The summed E-state index contributed by atoms with van der Waals surface area (Å²) in [5.74, 6) is -3.74. The predicted octanol–water partition coefficient (Wildman–Crippen LogP) is 2.61. The number of carbonyl (C=O) groups excluding carboxylic acids is 2. The topological polar surface area (TPSA) is 90.0 Å².